The Morgan fingerprint density at radius 3 is 2.93 bits per heavy atom. The Morgan fingerprint density at radius 1 is 1.67 bits per heavy atom. The van der Waals surface area contributed by atoms with E-state index in [0.29, 0.717) is 13.0 Å². The zero-order chi connectivity index (χ0) is 11.3. The van der Waals surface area contributed by atoms with Crippen molar-refractivity contribution in [2.45, 2.75) is 12.8 Å². The van der Waals surface area contributed by atoms with Crippen molar-refractivity contribution < 1.29 is 4.79 Å². The minimum atomic E-state index is 0.119. The fraction of sp³-hybridized carbons (Fsp3) is 0.500. The highest BCUT2D eigenvalue weighted by molar-refractivity contribution is 9.10. The second-order valence-electron chi connectivity index (χ2n) is 3.34. The third-order valence-electron chi connectivity index (χ3n) is 2.10. The van der Waals surface area contributed by atoms with Gasteiger partial charge in [-0.2, -0.15) is 0 Å². The van der Waals surface area contributed by atoms with Gasteiger partial charge in [0.15, 0.2) is 0 Å². The van der Waals surface area contributed by atoms with E-state index in [1.807, 2.05) is 7.05 Å². The van der Waals surface area contributed by atoms with Crippen LogP contribution < -0.4 is 5.73 Å². The van der Waals surface area contributed by atoms with Crippen molar-refractivity contribution in [2.24, 2.45) is 5.73 Å². The number of nitrogens with zero attached hydrogens (tertiary/aromatic N) is 1. The topological polar surface area (TPSA) is 46.3 Å². The standard InChI is InChI=1S/C10H15BrN2OS/c1-13(10(14)2-4-12)5-3-9-6-8(11)7-15-9/h6-7H,2-5,12H2,1H3. The fourth-order valence-electron chi connectivity index (χ4n) is 1.20. The Balaban J connectivity index is 2.33. The third kappa shape index (κ3) is 4.32. The molecule has 5 heteroatoms. The van der Waals surface area contributed by atoms with Crippen molar-refractivity contribution in [1.82, 2.24) is 4.90 Å². The lowest BCUT2D eigenvalue weighted by Crippen LogP contribution is -2.30. The predicted octanol–water partition coefficient (Wildman–Crippen LogP) is 1.86. The van der Waals surface area contributed by atoms with Crippen LogP contribution >= 0.6 is 27.3 Å². The second-order valence-corrected chi connectivity index (χ2v) is 5.25. The van der Waals surface area contributed by atoms with Crippen LogP contribution in [0, 0.1) is 0 Å². The minimum absolute atomic E-state index is 0.119. The number of carbonyl (C=O) groups excluding carboxylic acids is 1. The monoisotopic (exact) mass is 290 g/mol. The van der Waals surface area contributed by atoms with E-state index in [-0.39, 0.29) is 5.91 Å². The van der Waals surface area contributed by atoms with Crippen molar-refractivity contribution in [2.75, 3.05) is 20.1 Å². The molecule has 0 radical (unpaired) electrons. The first-order chi connectivity index (χ1) is 7.13. The molecule has 2 N–H and O–H groups in total. The van der Waals surface area contributed by atoms with E-state index in [9.17, 15) is 4.79 Å². The van der Waals surface area contributed by atoms with Crippen molar-refractivity contribution in [3.05, 3.63) is 20.8 Å². The molecule has 0 spiro atoms. The zero-order valence-electron chi connectivity index (χ0n) is 8.70. The molecule has 0 unspecified atom stereocenters. The zero-order valence-corrected chi connectivity index (χ0v) is 11.1. The summed E-state index contributed by atoms with van der Waals surface area (Å²) in [5.74, 6) is 0.119. The van der Waals surface area contributed by atoms with Crippen LogP contribution in [0.4, 0.5) is 0 Å². The van der Waals surface area contributed by atoms with Crippen molar-refractivity contribution >= 4 is 33.2 Å². The van der Waals surface area contributed by atoms with Crippen LogP contribution in [0.5, 0.6) is 0 Å². The van der Waals surface area contributed by atoms with E-state index in [1.165, 1.54) is 4.88 Å². The Labute approximate surface area is 102 Å². The molecule has 1 heterocycles. The van der Waals surface area contributed by atoms with Gasteiger partial charge in [0.25, 0.3) is 0 Å². The molecule has 0 saturated heterocycles. The number of amides is 1. The van der Waals surface area contributed by atoms with Gasteiger partial charge in [-0.1, -0.05) is 0 Å². The van der Waals surface area contributed by atoms with Gasteiger partial charge in [-0.15, -0.1) is 11.3 Å². The molecule has 1 aromatic heterocycles. The highest BCUT2D eigenvalue weighted by atomic mass is 79.9. The normalized spacial score (nSPS) is 10.3. The number of carbonyl (C=O) groups is 1. The maximum absolute atomic E-state index is 11.4. The smallest absolute Gasteiger partial charge is 0.223 e. The summed E-state index contributed by atoms with van der Waals surface area (Å²) in [6, 6.07) is 2.09. The van der Waals surface area contributed by atoms with Crippen LogP contribution in [-0.2, 0) is 11.2 Å². The average Bonchev–Trinajstić information content (AvgIpc) is 2.61. The van der Waals surface area contributed by atoms with E-state index in [4.69, 9.17) is 5.73 Å². The molecule has 0 aliphatic rings. The van der Waals surface area contributed by atoms with E-state index in [2.05, 4.69) is 27.4 Å². The Bertz CT molecular complexity index is 327. The van der Waals surface area contributed by atoms with Gasteiger partial charge < -0.3 is 10.6 Å². The first-order valence-electron chi connectivity index (χ1n) is 4.80. The molecule has 3 nitrogen and oxygen atoms in total. The highest BCUT2D eigenvalue weighted by Gasteiger charge is 2.07. The molecule has 84 valence electrons. The van der Waals surface area contributed by atoms with E-state index < -0.39 is 0 Å². The lowest BCUT2D eigenvalue weighted by Gasteiger charge is -2.15. The second kappa shape index (κ2) is 6.25. The summed E-state index contributed by atoms with van der Waals surface area (Å²) in [7, 11) is 1.82. The molecule has 1 rings (SSSR count). The first kappa shape index (κ1) is 12.7. The summed E-state index contributed by atoms with van der Waals surface area (Å²) in [6.45, 7) is 1.18. The molecule has 0 aromatic carbocycles. The third-order valence-corrected chi connectivity index (χ3v) is 3.86. The van der Waals surface area contributed by atoms with Gasteiger partial charge in [0.2, 0.25) is 5.91 Å². The number of halogens is 1. The SMILES string of the molecule is CN(CCc1cc(Br)cs1)C(=O)CCN. The molecule has 0 bridgehead atoms. The summed E-state index contributed by atoms with van der Waals surface area (Å²) in [6.07, 6.45) is 1.34. The van der Waals surface area contributed by atoms with Gasteiger partial charge in [-0.05, 0) is 28.4 Å². The fourth-order valence-corrected chi connectivity index (χ4v) is 2.65. The summed E-state index contributed by atoms with van der Waals surface area (Å²) >= 11 is 5.11. The summed E-state index contributed by atoms with van der Waals surface area (Å²) in [5, 5.41) is 2.05. The number of thiophene rings is 1. The van der Waals surface area contributed by atoms with Crippen LogP contribution in [0.1, 0.15) is 11.3 Å². The number of hydrogen-bond donors (Lipinski definition) is 1. The van der Waals surface area contributed by atoms with Gasteiger partial charge in [0.05, 0.1) is 0 Å². The molecule has 0 fully saturated rings. The number of likely N-dealkylation sites (N-methyl/N-ethyl adjacent to an activating group) is 1. The Morgan fingerprint density at radius 2 is 2.40 bits per heavy atom. The highest BCUT2D eigenvalue weighted by Crippen LogP contribution is 2.20. The van der Waals surface area contributed by atoms with Crippen molar-refractivity contribution in [1.29, 1.82) is 0 Å². The van der Waals surface area contributed by atoms with E-state index in [1.54, 1.807) is 16.2 Å². The molecule has 1 amide bonds. The van der Waals surface area contributed by atoms with Crippen molar-refractivity contribution in [3.63, 3.8) is 0 Å². The minimum Gasteiger partial charge on any atom is -0.345 e. The van der Waals surface area contributed by atoms with Crippen LogP contribution in [0.25, 0.3) is 0 Å². The number of nitrogens with two attached hydrogens (primary N) is 1. The van der Waals surface area contributed by atoms with E-state index in [0.717, 1.165) is 17.4 Å². The van der Waals surface area contributed by atoms with Gasteiger partial charge in [-0.25, -0.2) is 0 Å². The molecule has 1 aromatic rings. The van der Waals surface area contributed by atoms with Gasteiger partial charge in [0.1, 0.15) is 0 Å². The molecule has 15 heavy (non-hydrogen) atoms. The molecular weight excluding hydrogens is 276 g/mol. The maximum Gasteiger partial charge on any atom is 0.223 e. The van der Waals surface area contributed by atoms with Crippen LogP contribution in [0.2, 0.25) is 0 Å². The summed E-state index contributed by atoms with van der Waals surface area (Å²) in [4.78, 5) is 14.4. The van der Waals surface area contributed by atoms with Crippen LogP contribution in [0.3, 0.4) is 0 Å². The van der Waals surface area contributed by atoms with Gasteiger partial charge in [-0.3, -0.25) is 4.79 Å². The molecule has 0 atom stereocenters. The molecule has 0 saturated carbocycles. The van der Waals surface area contributed by atoms with Crippen LogP contribution in [0.15, 0.2) is 15.9 Å². The summed E-state index contributed by atoms with van der Waals surface area (Å²) < 4.78 is 1.11. The van der Waals surface area contributed by atoms with Crippen molar-refractivity contribution in [3.8, 4) is 0 Å². The van der Waals surface area contributed by atoms with Gasteiger partial charge >= 0.3 is 0 Å². The number of hydrogen-bond acceptors (Lipinski definition) is 3. The van der Waals surface area contributed by atoms with Gasteiger partial charge in [0, 0.05) is 41.3 Å². The quantitative estimate of drug-likeness (QED) is 0.900. The van der Waals surface area contributed by atoms with E-state index >= 15 is 0 Å². The molecule has 0 aliphatic heterocycles. The molecule has 0 aliphatic carbocycles. The molecular formula is C10H15BrN2OS. The lowest BCUT2D eigenvalue weighted by molar-refractivity contribution is -0.129. The largest absolute Gasteiger partial charge is 0.345 e. The first-order valence-corrected chi connectivity index (χ1v) is 6.47. The lowest BCUT2D eigenvalue weighted by atomic mass is 10.3. The summed E-state index contributed by atoms with van der Waals surface area (Å²) in [5.41, 5.74) is 5.33. The Hall–Kier alpha value is -0.390. The van der Waals surface area contributed by atoms with Crippen LogP contribution in [-0.4, -0.2) is 30.9 Å². The average molecular weight is 291 g/mol. The Kier molecular flexibility index (Phi) is 5.28. The number of rotatable bonds is 5. The predicted molar refractivity (Wildman–Crippen MR) is 67.0 cm³/mol. The maximum atomic E-state index is 11.4.